The van der Waals surface area contributed by atoms with Gasteiger partial charge in [-0.1, -0.05) is 6.92 Å². The first-order chi connectivity index (χ1) is 7.63. The van der Waals surface area contributed by atoms with E-state index in [1.54, 1.807) is 16.4 Å². The van der Waals surface area contributed by atoms with Crippen molar-refractivity contribution in [3.8, 4) is 0 Å². The third-order valence-corrected chi connectivity index (χ3v) is 3.42. The zero-order valence-electron chi connectivity index (χ0n) is 9.38. The predicted octanol–water partition coefficient (Wildman–Crippen LogP) is 0.239. The number of aryl methyl sites for hydroxylation is 3. The van der Waals surface area contributed by atoms with Crippen molar-refractivity contribution < 1.29 is 0 Å². The Balaban J connectivity index is 2.35. The number of rotatable bonds is 3. The lowest BCUT2D eigenvalue weighted by Crippen LogP contribution is -1.97. The topological polar surface area (TPSA) is 87.4 Å². The first kappa shape index (κ1) is 10.9. The second-order valence-electron chi connectivity index (χ2n) is 3.33. The van der Waals surface area contributed by atoms with E-state index in [2.05, 4.69) is 20.6 Å². The minimum atomic E-state index is 0.692. The van der Waals surface area contributed by atoms with Gasteiger partial charge in [-0.25, -0.2) is 4.68 Å². The van der Waals surface area contributed by atoms with Crippen LogP contribution in [-0.2, 0) is 20.5 Å². The van der Waals surface area contributed by atoms with Crippen molar-refractivity contribution in [1.29, 1.82) is 0 Å². The SMILES string of the molecule is CCc1nn(C)c(Sc2nnnn2C)c1N. The number of hydrogen-bond acceptors (Lipinski definition) is 6. The van der Waals surface area contributed by atoms with E-state index >= 15 is 0 Å². The molecule has 0 spiro atoms. The fourth-order valence-electron chi connectivity index (χ4n) is 1.35. The molecule has 0 fully saturated rings. The molecule has 0 unspecified atom stereocenters. The fourth-order valence-corrected chi connectivity index (χ4v) is 2.17. The summed E-state index contributed by atoms with van der Waals surface area (Å²) in [4.78, 5) is 0. The summed E-state index contributed by atoms with van der Waals surface area (Å²) >= 11 is 1.41. The van der Waals surface area contributed by atoms with Crippen LogP contribution in [0.2, 0.25) is 0 Å². The Morgan fingerprint density at radius 1 is 1.31 bits per heavy atom. The first-order valence-electron chi connectivity index (χ1n) is 4.85. The Kier molecular flexibility index (Phi) is 2.82. The molecule has 16 heavy (non-hydrogen) atoms. The molecule has 2 N–H and O–H groups in total. The van der Waals surface area contributed by atoms with Crippen molar-refractivity contribution >= 4 is 17.4 Å². The molecule has 2 rings (SSSR count). The summed E-state index contributed by atoms with van der Waals surface area (Å²) in [5, 5.41) is 17.1. The summed E-state index contributed by atoms with van der Waals surface area (Å²) in [6, 6.07) is 0. The van der Waals surface area contributed by atoms with Crippen LogP contribution in [0.25, 0.3) is 0 Å². The molecule has 0 aliphatic heterocycles. The zero-order chi connectivity index (χ0) is 11.7. The molecule has 0 aliphatic carbocycles. The quantitative estimate of drug-likeness (QED) is 0.825. The molecule has 86 valence electrons. The maximum atomic E-state index is 6.00. The molecule has 2 heterocycles. The van der Waals surface area contributed by atoms with Gasteiger partial charge >= 0.3 is 0 Å². The Morgan fingerprint density at radius 3 is 2.56 bits per heavy atom. The van der Waals surface area contributed by atoms with Gasteiger partial charge in [0.2, 0.25) is 5.16 Å². The van der Waals surface area contributed by atoms with E-state index in [9.17, 15) is 0 Å². The molecule has 2 aromatic rings. The molecule has 7 nitrogen and oxygen atoms in total. The average molecular weight is 239 g/mol. The summed E-state index contributed by atoms with van der Waals surface area (Å²) in [5.74, 6) is 0. The number of anilines is 1. The summed E-state index contributed by atoms with van der Waals surface area (Å²) in [6.07, 6.45) is 0.817. The fraction of sp³-hybridized carbons (Fsp3) is 0.500. The van der Waals surface area contributed by atoms with Crippen molar-refractivity contribution in [3.05, 3.63) is 5.69 Å². The van der Waals surface area contributed by atoms with E-state index in [4.69, 9.17) is 5.73 Å². The largest absolute Gasteiger partial charge is 0.395 e. The zero-order valence-corrected chi connectivity index (χ0v) is 10.2. The van der Waals surface area contributed by atoms with Gasteiger partial charge in [-0.15, -0.1) is 5.10 Å². The van der Waals surface area contributed by atoms with Crippen LogP contribution in [0.15, 0.2) is 10.2 Å². The van der Waals surface area contributed by atoms with Gasteiger partial charge in [-0.2, -0.15) is 5.10 Å². The molecular formula is C8H13N7S. The normalized spacial score (nSPS) is 10.9. The first-order valence-corrected chi connectivity index (χ1v) is 5.66. The van der Waals surface area contributed by atoms with Gasteiger partial charge < -0.3 is 5.73 Å². The third kappa shape index (κ3) is 1.75. The van der Waals surface area contributed by atoms with Gasteiger partial charge in [-0.3, -0.25) is 4.68 Å². The summed E-state index contributed by atoms with van der Waals surface area (Å²) in [7, 11) is 3.65. The van der Waals surface area contributed by atoms with Crippen molar-refractivity contribution in [2.24, 2.45) is 14.1 Å². The van der Waals surface area contributed by atoms with Gasteiger partial charge in [0.1, 0.15) is 5.03 Å². The van der Waals surface area contributed by atoms with E-state index in [0.29, 0.717) is 10.8 Å². The molecule has 0 aromatic carbocycles. The summed E-state index contributed by atoms with van der Waals surface area (Å²) in [6.45, 7) is 2.02. The minimum absolute atomic E-state index is 0.692. The van der Waals surface area contributed by atoms with Crippen LogP contribution in [0.4, 0.5) is 5.69 Å². The third-order valence-electron chi connectivity index (χ3n) is 2.21. The molecule has 0 aliphatic rings. The van der Waals surface area contributed by atoms with Crippen LogP contribution in [0.5, 0.6) is 0 Å². The van der Waals surface area contributed by atoms with Gasteiger partial charge in [0, 0.05) is 14.1 Å². The van der Waals surface area contributed by atoms with E-state index in [1.807, 2.05) is 14.0 Å². The van der Waals surface area contributed by atoms with Gasteiger partial charge in [-0.05, 0) is 28.6 Å². The Bertz CT molecular complexity index is 500. The van der Waals surface area contributed by atoms with Crippen molar-refractivity contribution in [2.75, 3.05) is 5.73 Å². The average Bonchev–Trinajstić information content (AvgIpc) is 2.77. The molecule has 0 radical (unpaired) electrons. The number of nitrogen functional groups attached to an aromatic ring is 1. The van der Waals surface area contributed by atoms with Crippen LogP contribution >= 0.6 is 11.8 Å². The van der Waals surface area contributed by atoms with Crippen molar-refractivity contribution in [3.63, 3.8) is 0 Å². The van der Waals surface area contributed by atoms with Crippen LogP contribution in [0.1, 0.15) is 12.6 Å². The van der Waals surface area contributed by atoms with Gasteiger partial charge in [0.05, 0.1) is 11.4 Å². The minimum Gasteiger partial charge on any atom is -0.395 e. The molecule has 2 aromatic heterocycles. The van der Waals surface area contributed by atoms with Crippen LogP contribution < -0.4 is 5.73 Å². The molecule has 0 amide bonds. The monoisotopic (exact) mass is 239 g/mol. The molecule has 0 bridgehead atoms. The number of nitrogens with two attached hydrogens (primary N) is 1. The highest BCUT2D eigenvalue weighted by Gasteiger charge is 2.15. The molecular weight excluding hydrogens is 226 g/mol. The van der Waals surface area contributed by atoms with Crippen LogP contribution in [0, 0.1) is 0 Å². The Hall–Kier alpha value is -1.57. The summed E-state index contributed by atoms with van der Waals surface area (Å²) < 4.78 is 3.36. The highest BCUT2D eigenvalue weighted by atomic mass is 32.2. The molecule has 0 atom stereocenters. The second-order valence-corrected chi connectivity index (χ2v) is 4.29. The number of hydrogen-bond donors (Lipinski definition) is 1. The van der Waals surface area contributed by atoms with E-state index < -0.39 is 0 Å². The number of nitrogens with zero attached hydrogens (tertiary/aromatic N) is 6. The molecule has 8 heteroatoms. The smallest absolute Gasteiger partial charge is 0.215 e. The van der Waals surface area contributed by atoms with Gasteiger partial charge in [0.25, 0.3) is 0 Å². The van der Waals surface area contributed by atoms with Crippen LogP contribution in [-0.4, -0.2) is 30.0 Å². The highest BCUT2D eigenvalue weighted by Crippen LogP contribution is 2.31. The van der Waals surface area contributed by atoms with Gasteiger partial charge in [0.15, 0.2) is 0 Å². The summed E-state index contributed by atoms with van der Waals surface area (Å²) in [5.41, 5.74) is 7.61. The van der Waals surface area contributed by atoms with Crippen molar-refractivity contribution in [2.45, 2.75) is 23.5 Å². The standard InChI is InChI=1S/C8H13N7S/c1-4-5-6(9)7(14(2)11-5)16-8-10-12-13-15(8)3/h4,9H2,1-3H3. The maximum absolute atomic E-state index is 6.00. The molecule has 0 saturated carbocycles. The van der Waals surface area contributed by atoms with Crippen LogP contribution in [0.3, 0.4) is 0 Å². The Morgan fingerprint density at radius 2 is 2.06 bits per heavy atom. The molecule has 0 saturated heterocycles. The number of aromatic nitrogens is 6. The number of tetrazole rings is 1. The van der Waals surface area contributed by atoms with E-state index in [-0.39, 0.29) is 0 Å². The Labute approximate surface area is 97.0 Å². The van der Waals surface area contributed by atoms with E-state index in [0.717, 1.165) is 17.1 Å². The highest BCUT2D eigenvalue weighted by molar-refractivity contribution is 7.99. The maximum Gasteiger partial charge on any atom is 0.215 e. The lowest BCUT2D eigenvalue weighted by atomic mass is 10.3. The predicted molar refractivity (Wildman–Crippen MR) is 59.9 cm³/mol. The van der Waals surface area contributed by atoms with E-state index in [1.165, 1.54) is 11.8 Å². The second kappa shape index (κ2) is 4.12. The van der Waals surface area contributed by atoms with Crippen molar-refractivity contribution in [1.82, 2.24) is 30.0 Å². The lowest BCUT2D eigenvalue weighted by Gasteiger charge is -2.00. The lowest BCUT2D eigenvalue weighted by molar-refractivity contribution is 0.657.